The number of aromatic nitrogens is 1. The van der Waals surface area contributed by atoms with Crippen molar-refractivity contribution < 1.29 is 9.13 Å². The molecule has 0 aliphatic rings. The van der Waals surface area contributed by atoms with Crippen LogP contribution in [-0.2, 0) is 0 Å². The fourth-order valence-electron chi connectivity index (χ4n) is 1.50. The molecule has 2 aromatic rings. The lowest BCUT2D eigenvalue weighted by atomic mass is 10.2. The van der Waals surface area contributed by atoms with E-state index < -0.39 is 0 Å². The van der Waals surface area contributed by atoms with Crippen LogP contribution in [-0.4, -0.2) is 4.98 Å². The quantitative estimate of drug-likeness (QED) is 0.809. The molecule has 0 saturated carbocycles. The molecule has 1 aromatic carbocycles. The standard InChI is InChI=1S/C14H11FN2O/c1-9-5-6-17-14(12(9)8-16)18-11-4-3-10(2)13(15)7-11/h3-7H,1-2H3. The number of nitrogens with zero attached hydrogens (tertiary/aromatic N) is 2. The first-order valence-electron chi connectivity index (χ1n) is 5.41. The third kappa shape index (κ3) is 2.30. The summed E-state index contributed by atoms with van der Waals surface area (Å²) in [5.74, 6) is 0.173. The highest BCUT2D eigenvalue weighted by Gasteiger charge is 2.09. The van der Waals surface area contributed by atoms with Crippen LogP contribution in [0.15, 0.2) is 30.5 Å². The number of hydrogen-bond donors (Lipinski definition) is 0. The third-order valence-corrected chi connectivity index (χ3v) is 2.59. The summed E-state index contributed by atoms with van der Waals surface area (Å²) in [5.41, 5.74) is 1.67. The van der Waals surface area contributed by atoms with Gasteiger partial charge in [-0.05, 0) is 37.1 Å². The van der Waals surface area contributed by atoms with Crippen molar-refractivity contribution in [2.75, 3.05) is 0 Å². The average Bonchev–Trinajstić information content (AvgIpc) is 2.34. The van der Waals surface area contributed by atoms with E-state index in [1.165, 1.54) is 6.07 Å². The molecule has 4 heteroatoms. The fourth-order valence-corrected chi connectivity index (χ4v) is 1.50. The van der Waals surface area contributed by atoms with Gasteiger partial charge in [0.15, 0.2) is 0 Å². The minimum Gasteiger partial charge on any atom is -0.438 e. The van der Waals surface area contributed by atoms with Crippen molar-refractivity contribution in [1.29, 1.82) is 5.26 Å². The Bertz CT molecular complexity index is 632. The van der Waals surface area contributed by atoms with Crippen molar-refractivity contribution in [2.24, 2.45) is 0 Å². The molecular weight excluding hydrogens is 231 g/mol. The van der Waals surface area contributed by atoms with E-state index >= 15 is 0 Å². The van der Waals surface area contributed by atoms with Gasteiger partial charge in [-0.25, -0.2) is 9.37 Å². The van der Waals surface area contributed by atoms with Gasteiger partial charge in [0.25, 0.3) is 0 Å². The van der Waals surface area contributed by atoms with Gasteiger partial charge in [0.05, 0.1) is 0 Å². The summed E-state index contributed by atoms with van der Waals surface area (Å²) in [5, 5.41) is 9.03. The zero-order valence-electron chi connectivity index (χ0n) is 10.1. The molecule has 90 valence electrons. The van der Waals surface area contributed by atoms with E-state index in [9.17, 15) is 4.39 Å². The van der Waals surface area contributed by atoms with Gasteiger partial charge in [0.2, 0.25) is 5.88 Å². The molecule has 0 N–H and O–H groups in total. The molecule has 0 saturated heterocycles. The number of pyridine rings is 1. The van der Waals surface area contributed by atoms with E-state index in [0.29, 0.717) is 16.9 Å². The highest BCUT2D eigenvalue weighted by molar-refractivity contribution is 5.45. The van der Waals surface area contributed by atoms with Crippen LogP contribution in [0.4, 0.5) is 4.39 Å². The second kappa shape index (κ2) is 4.84. The molecule has 18 heavy (non-hydrogen) atoms. The summed E-state index contributed by atoms with van der Waals surface area (Å²) in [6.45, 7) is 3.47. The highest BCUT2D eigenvalue weighted by Crippen LogP contribution is 2.25. The maximum atomic E-state index is 13.4. The predicted molar refractivity (Wildman–Crippen MR) is 64.9 cm³/mol. The van der Waals surface area contributed by atoms with E-state index in [-0.39, 0.29) is 11.7 Å². The maximum Gasteiger partial charge on any atom is 0.237 e. The Morgan fingerprint density at radius 1 is 1.22 bits per heavy atom. The van der Waals surface area contributed by atoms with E-state index in [0.717, 1.165) is 5.56 Å². The molecule has 0 spiro atoms. The van der Waals surface area contributed by atoms with Crippen LogP contribution in [0.25, 0.3) is 0 Å². The first-order valence-corrected chi connectivity index (χ1v) is 5.41. The summed E-state index contributed by atoms with van der Waals surface area (Å²) in [6.07, 6.45) is 1.55. The molecular formula is C14H11FN2O. The summed E-state index contributed by atoms with van der Waals surface area (Å²) in [4.78, 5) is 3.99. The summed E-state index contributed by atoms with van der Waals surface area (Å²) < 4.78 is 18.8. The number of halogens is 1. The molecule has 0 atom stereocenters. The Hall–Kier alpha value is -2.41. The monoisotopic (exact) mass is 242 g/mol. The Labute approximate surface area is 104 Å². The Morgan fingerprint density at radius 3 is 2.67 bits per heavy atom. The normalized spacial score (nSPS) is 9.89. The molecule has 0 amide bonds. The molecule has 3 nitrogen and oxygen atoms in total. The van der Waals surface area contributed by atoms with Crippen LogP contribution in [0.2, 0.25) is 0 Å². The van der Waals surface area contributed by atoms with E-state index in [2.05, 4.69) is 4.98 Å². The predicted octanol–water partition coefficient (Wildman–Crippen LogP) is 3.50. The van der Waals surface area contributed by atoms with Crippen LogP contribution in [0, 0.1) is 31.0 Å². The number of nitriles is 1. The molecule has 0 radical (unpaired) electrons. The van der Waals surface area contributed by atoms with Gasteiger partial charge in [0, 0.05) is 12.3 Å². The van der Waals surface area contributed by atoms with E-state index in [4.69, 9.17) is 10.00 Å². The average molecular weight is 242 g/mol. The van der Waals surface area contributed by atoms with Gasteiger partial charge >= 0.3 is 0 Å². The molecule has 0 aliphatic heterocycles. The molecule has 0 aliphatic carbocycles. The van der Waals surface area contributed by atoms with Gasteiger partial charge in [-0.2, -0.15) is 5.26 Å². The lowest BCUT2D eigenvalue weighted by molar-refractivity contribution is 0.455. The van der Waals surface area contributed by atoms with Crippen molar-refractivity contribution in [1.82, 2.24) is 4.98 Å². The highest BCUT2D eigenvalue weighted by atomic mass is 19.1. The van der Waals surface area contributed by atoms with Crippen LogP contribution >= 0.6 is 0 Å². The summed E-state index contributed by atoms with van der Waals surface area (Å²) in [7, 11) is 0. The first-order chi connectivity index (χ1) is 8.61. The minimum atomic E-state index is -0.348. The van der Waals surface area contributed by atoms with Gasteiger partial charge < -0.3 is 4.74 Å². The largest absolute Gasteiger partial charge is 0.438 e. The van der Waals surface area contributed by atoms with Crippen molar-refractivity contribution in [3.63, 3.8) is 0 Å². The molecule has 1 heterocycles. The Kier molecular flexibility index (Phi) is 3.24. The molecule has 0 fully saturated rings. The molecule has 2 rings (SSSR count). The Balaban J connectivity index is 2.37. The van der Waals surface area contributed by atoms with Crippen molar-refractivity contribution in [3.8, 4) is 17.7 Å². The van der Waals surface area contributed by atoms with Gasteiger partial charge in [-0.1, -0.05) is 6.07 Å². The first kappa shape index (κ1) is 12.1. The van der Waals surface area contributed by atoms with Crippen LogP contribution < -0.4 is 4.74 Å². The van der Waals surface area contributed by atoms with Crippen LogP contribution in [0.1, 0.15) is 16.7 Å². The number of aryl methyl sites for hydroxylation is 2. The van der Waals surface area contributed by atoms with E-state index in [1.54, 1.807) is 38.2 Å². The third-order valence-electron chi connectivity index (χ3n) is 2.59. The van der Waals surface area contributed by atoms with Crippen molar-refractivity contribution in [3.05, 3.63) is 53.0 Å². The lowest BCUT2D eigenvalue weighted by Gasteiger charge is -2.08. The van der Waals surface area contributed by atoms with Gasteiger partial charge in [-0.15, -0.1) is 0 Å². The second-order valence-electron chi connectivity index (χ2n) is 3.93. The maximum absolute atomic E-state index is 13.4. The molecule has 0 bridgehead atoms. The second-order valence-corrected chi connectivity index (χ2v) is 3.93. The van der Waals surface area contributed by atoms with Gasteiger partial charge in [-0.3, -0.25) is 0 Å². The smallest absolute Gasteiger partial charge is 0.237 e. The molecule has 1 aromatic heterocycles. The van der Waals surface area contributed by atoms with E-state index in [1.807, 2.05) is 6.07 Å². The number of ether oxygens (including phenoxy) is 1. The fraction of sp³-hybridized carbons (Fsp3) is 0.143. The van der Waals surface area contributed by atoms with Crippen molar-refractivity contribution in [2.45, 2.75) is 13.8 Å². The zero-order valence-corrected chi connectivity index (χ0v) is 10.1. The van der Waals surface area contributed by atoms with Crippen LogP contribution in [0.5, 0.6) is 11.6 Å². The number of benzene rings is 1. The molecule has 0 unspecified atom stereocenters. The van der Waals surface area contributed by atoms with Crippen molar-refractivity contribution >= 4 is 0 Å². The zero-order chi connectivity index (χ0) is 13.1. The van der Waals surface area contributed by atoms with Crippen LogP contribution in [0.3, 0.4) is 0 Å². The SMILES string of the molecule is Cc1ccc(Oc2nccc(C)c2C#N)cc1F. The lowest BCUT2D eigenvalue weighted by Crippen LogP contribution is -1.95. The summed E-state index contributed by atoms with van der Waals surface area (Å²) >= 11 is 0. The number of hydrogen-bond acceptors (Lipinski definition) is 3. The Morgan fingerprint density at radius 2 is 2.00 bits per heavy atom. The topological polar surface area (TPSA) is 45.9 Å². The number of rotatable bonds is 2. The van der Waals surface area contributed by atoms with Gasteiger partial charge in [0.1, 0.15) is 23.2 Å². The summed E-state index contributed by atoms with van der Waals surface area (Å²) in [6, 6.07) is 8.29. The minimum absolute atomic E-state index is 0.195.